The predicted molar refractivity (Wildman–Crippen MR) is 85.4 cm³/mol. The van der Waals surface area contributed by atoms with Crippen LogP contribution in [0.3, 0.4) is 0 Å². The summed E-state index contributed by atoms with van der Waals surface area (Å²) >= 11 is 0. The number of rotatable bonds is 10. The van der Waals surface area contributed by atoms with Crippen molar-refractivity contribution in [3.8, 4) is 0 Å². The van der Waals surface area contributed by atoms with E-state index >= 15 is 0 Å². The van der Waals surface area contributed by atoms with Crippen LogP contribution in [0, 0.1) is 17.7 Å². The van der Waals surface area contributed by atoms with Crippen LogP contribution in [0.5, 0.6) is 0 Å². The standard InChI is InChI=1S/C18H30FN/c1-4-6-8-15(5-2)11-17(14-20-3)12-16-9-7-10-18(19)13-16/h7,9-10,13,15,17,20H,4-6,8,11-12,14H2,1-3H3. The molecule has 2 unspecified atom stereocenters. The minimum absolute atomic E-state index is 0.122. The first-order valence-corrected chi connectivity index (χ1v) is 8.08. The fourth-order valence-electron chi connectivity index (χ4n) is 2.98. The van der Waals surface area contributed by atoms with Gasteiger partial charge in [-0.1, -0.05) is 51.7 Å². The van der Waals surface area contributed by atoms with Crippen molar-refractivity contribution in [2.24, 2.45) is 11.8 Å². The Balaban J connectivity index is 2.58. The van der Waals surface area contributed by atoms with Gasteiger partial charge in [0.15, 0.2) is 0 Å². The van der Waals surface area contributed by atoms with E-state index in [2.05, 4.69) is 19.2 Å². The molecule has 0 aromatic heterocycles. The van der Waals surface area contributed by atoms with Crippen molar-refractivity contribution in [1.29, 1.82) is 0 Å². The van der Waals surface area contributed by atoms with E-state index in [1.54, 1.807) is 6.07 Å². The largest absolute Gasteiger partial charge is 0.319 e. The molecule has 0 saturated carbocycles. The number of nitrogens with one attached hydrogen (secondary N) is 1. The molecular formula is C18H30FN. The fraction of sp³-hybridized carbons (Fsp3) is 0.667. The van der Waals surface area contributed by atoms with Crippen molar-refractivity contribution in [3.63, 3.8) is 0 Å². The highest BCUT2D eigenvalue weighted by Gasteiger charge is 2.15. The molecule has 1 aromatic rings. The quantitative estimate of drug-likeness (QED) is 0.648. The molecule has 0 radical (unpaired) electrons. The Bertz CT molecular complexity index is 364. The minimum Gasteiger partial charge on any atom is -0.319 e. The molecule has 0 saturated heterocycles. The van der Waals surface area contributed by atoms with Crippen LogP contribution < -0.4 is 5.32 Å². The van der Waals surface area contributed by atoms with Gasteiger partial charge in [-0.3, -0.25) is 0 Å². The molecule has 0 aliphatic carbocycles. The van der Waals surface area contributed by atoms with Crippen LogP contribution >= 0.6 is 0 Å². The second-order valence-corrected chi connectivity index (χ2v) is 5.91. The second-order valence-electron chi connectivity index (χ2n) is 5.91. The summed E-state index contributed by atoms with van der Waals surface area (Å²) in [7, 11) is 2.01. The Morgan fingerprint density at radius 3 is 2.60 bits per heavy atom. The van der Waals surface area contributed by atoms with Crippen molar-refractivity contribution < 1.29 is 4.39 Å². The van der Waals surface area contributed by atoms with Crippen LogP contribution in [-0.2, 0) is 6.42 Å². The molecule has 1 rings (SSSR count). The van der Waals surface area contributed by atoms with Gasteiger partial charge >= 0.3 is 0 Å². The molecule has 0 aliphatic heterocycles. The molecular weight excluding hydrogens is 249 g/mol. The lowest BCUT2D eigenvalue weighted by atomic mass is 9.85. The summed E-state index contributed by atoms with van der Waals surface area (Å²) in [5.41, 5.74) is 1.12. The molecule has 2 heteroatoms. The molecule has 1 N–H and O–H groups in total. The Morgan fingerprint density at radius 2 is 2.00 bits per heavy atom. The third-order valence-corrected chi connectivity index (χ3v) is 4.12. The van der Waals surface area contributed by atoms with Gasteiger partial charge in [-0.2, -0.15) is 0 Å². The molecule has 0 heterocycles. The number of benzene rings is 1. The smallest absolute Gasteiger partial charge is 0.123 e. The summed E-state index contributed by atoms with van der Waals surface area (Å²) in [4.78, 5) is 0. The molecule has 0 aliphatic rings. The third-order valence-electron chi connectivity index (χ3n) is 4.12. The average Bonchev–Trinajstić information content (AvgIpc) is 2.43. The van der Waals surface area contributed by atoms with E-state index in [-0.39, 0.29) is 5.82 Å². The van der Waals surface area contributed by atoms with E-state index in [1.165, 1.54) is 38.2 Å². The zero-order valence-electron chi connectivity index (χ0n) is 13.3. The number of hydrogen-bond acceptors (Lipinski definition) is 1. The van der Waals surface area contributed by atoms with Crippen LogP contribution in [0.25, 0.3) is 0 Å². The molecule has 0 amide bonds. The Hall–Kier alpha value is -0.890. The van der Waals surface area contributed by atoms with E-state index in [4.69, 9.17) is 0 Å². The van der Waals surface area contributed by atoms with E-state index in [9.17, 15) is 4.39 Å². The van der Waals surface area contributed by atoms with Crippen LogP contribution in [0.4, 0.5) is 4.39 Å². The van der Waals surface area contributed by atoms with Gasteiger partial charge in [-0.15, -0.1) is 0 Å². The second kappa shape index (κ2) is 9.93. The third kappa shape index (κ3) is 6.51. The first-order valence-electron chi connectivity index (χ1n) is 8.08. The molecule has 114 valence electrons. The highest BCUT2D eigenvalue weighted by molar-refractivity contribution is 5.16. The highest BCUT2D eigenvalue weighted by Crippen LogP contribution is 2.24. The molecule has 0 bridgehead atoms. The maximum absolute atomic E-state index is 13.3. The van der Waals surface area contributed by atoms with E-state index in [0.717, 1.165) is 24.4 Å². The summed E-state index contributed by atoms with van der Waals surface area (Å²) in [6.07, 6.45) is 7.40. The first kappa shape index (κ1) is 17.2. The SMILES string of the molecule is CCCCC(CC)CC(CNC)Cc1cccc(F)c1. The number of halogens is 1. The molecule has 1 aromatic carbocycles. The summed E-state index contributed by atoms with van der Waals surface area (Å²) in [6, 6.07) is 7.05. The van der Waals surface area contributed by atoms with Gasteiger partial charge in [0.1, 0.15) is 5.82 Å². The van der Waals surface area contributed by atoms with Gasteiger partial charge in [0.05, 0.1) is 0 Å². The Morgan fingerprint density at radius 1 is 1.20 bits per heavy atom. The van der Waals surface area contributed by atoms with Gasteiger partial charge in [-0.25, -0.2) is 4.39 Å². The summed E-state index contributed by atoms with van der Waals surface area (Å²) < 4.78 is 13.3. The summed E-state index contributed by atoms with van der Waals surface area (Å²) in [6.45, 7) is 5.56. The van der Waals surface area contributed by atoms with Crippen molar-refractivity contribution in [1.82, 2.24) is 5.32 Å². The monoisotopic (exact) mass is 279 g/mol. The lowest BCUT2D eigenvalue weighted by molar-refractivity contribution is 0.329. The zero-order valence-corrected chi connectivity index (χ0v) is 13.3. The summed E-state index contributed by atoms with van der Waals surface area (Å²) in [5, 5.41) is 3.29. The summed E-state index contributed by atoms with van der Waals surface area (Å²) in [5.74, 6) is 1.29. The van der Waals surface area contributed by atoms with Crippen LogP contribution in [0.15, 0.2) is 24.3 Å². The van der Waals surface area contributed by atoms with Crippen molar-refractivity contribution in [2.75, 3.05) is 13.6 Å². The van der Waals surface area contributed by atoms with Crippen molar-refractivity contribution in [2.45, 2.75) is 52.4 Å². The van der Waals surface area contributed by atoms with E-state index in [1.807, 2.05) is 19.2 Å². The average molecular weight is 279 g/mol. The highest BCUT2D eigenvalue weighted by atomic mass is 19.1. The predicted octanol–water partition coefficient (Wildman–Crippen LogP) is 4.81. The molecule has 1 nitrogen and oxygen atoms in total. The Labute approximate surface area is 124 Å². The maximum Gasteiger partial charge on any atom is 0.123 e. The Kier molecular flexibility index (Phi) is 8.52. The van der Waals surface area contributed by atoms with Crippen molar-refractivity contribution >= 4 is 0 Å². The van der Waals surface area contributed by atoms with Gasteiger partial charge < -0.3 is 5.32 Å². The lowest BCUT2D eigenvalue weighted by Crippen LogP contribution is -2.23. The van der Waals surface area contributed by atoms with Gasteiger partial charge in [0.25, 0.3) is 0 Å². The molecule has 20 heavy (non-hydrogen) atoms. The van der Waals surface area contributed by atoms with E-state index in [0.29, 0.717) is 5.92 Å². The van der Waals surface area contributed by atoms with Gasteiger partial charge in [0.2, 0.25) is 0 Å². The zero-order chi connectivity index (χ0) is 14.8. The van der Waals surface area contributed by atoms with Gasteiger partial charge in [0, 0.05) is 0 Å². The fourth-order valence-corrected chi connectivity index (χ4v) is 2.98. The molecule has 0 fully saturated rings. The topological polar surface area (TPSA) is 12.0 Å². The van der Waals surface area contributed by atoms with Crippen LogP contribution in [0.1, 0.15) is 51.5 Å². The van der Waals surface area contributed by atoms with Crippen LogP contribution in [0.2, 0.25) is 0 Å². The first-order chi connectivity index (χ1) is 9.69. The maximum atomic E-state index is 13.3. The van der Waals surface area contributed by atoms with Gasteiger partial charge in [-0.05, 0) is 56.0 Å². The van der Waals surface area contributed by atoms with Crippen LogP contribution in [-0.4, -0.2) is 13.6 Å². The van der Waals surface area contributed by atoms with Crippen molar-refractivity contribution in [3.05, 3.63) is 35.6 Å². The molecule has 0 spiro atoms. The number of hydrogen-bond donors (Lipinski definition) is 1. The normalized spacial score (nSPS) is 14.2. The lowest BCUT2D eigenvalue weighted by Gasteiger charge is -2.23. The van der Waals surface area contributed by atoms with E-state index < -0.39 is 0 Å². The number of unbranched alkanes of at least 4 members (excludes halogenated alkanes) is 1. The minimum atomic E-state index is -0.122. The molecule has 2 atom stereocenters.